The predicted molar refractivity (Wildman–Crippen MR) is 103 cm³/mol. The van der Waals surface area contributed by atoms with E-state index in [1.54, 1.807) is 6.07 Å². The largest absolute Gasteiger partial charge is 0.366 e. The van der Waals surface area contributed by atoms with Crippen LogP contribution in [0.4, 0.5) is 11.6 Å². The summed E-state index contributed by atoms with van der Waals surface area (Å²) in [7, 11) is 0. The van der Waals surface area contributed by atoms with Crippen LogP contribution in [0.2, 0.25) is 0 Å². The van der Waals surface area contributed by atoms with Crippen molar-refractivity contribution in [1.82, 2.24) is 15.2 Å². The quantitative estimate of drug-likeness (QED) is 0.653. The number of fused-ring (bicyclic) bond motifs is 1. The Morgan fingerprint density at radius 1 is 1.04 bits per heavy atom. The van der Waals surface area contributed by atoms with Crippen molar-refractivity contribution in [1.29, 1.82) is 0 Å². The lowest BCUT2D eigenvalue weighted by atomic mass is 9.95. The molecule has 0 radical (unpaired) electrons. The van der Waals surface area contributed by atoms with Crippen LogP contribution in [0.15, 0.2) is 42.6 Å². The molecule has 0 bridgehead atoms. The molecule has 1 aromatic carbocycles. The average Bonchev–Trinajstić information content (AvgIpc) is 3.07. The van der Waals surface area contributed by atoms with Crippen molar-refractivity contribution in [3.63, 3.8) is 0 Å². The molecule has 1 amide bonds. The number of benzene rings is 1. The fourth-order valence-electron chi connectivity index (χ4n) is 3.57. The summed E-state index contributed by atoms with van der Waals surface area (Å²) in [4.78, 5) is 15.5. The highest BCUT2D eigenvalue weighted by molar-refractivity contribution is 5.95. The van der Waals surface area contributed by atoms with E-state index < -0.39 is 0 Å². The van der Waals surface area contributed by atoms with Crippen LogP contribution in [-0.2, 0) is 11.2 Å². The zero-order chi connectivity index (χ0) is 17.8. The van der Waals surface area contributed by atoms with E-state index in [4.69, 9.17) is 0 Å². The summed E-state index contributed by atoms with van der Waals surface area (Å²) in [5.74, 6) is 1.15. The number of H-pyrrole nitrogens is 1. The number of rotatable bonds is 5. The summed E-state index contributed by atoms with van der Waals surface area (Å²) in [6, 6.07) is 12.1. The molecule has 2 aromatic heterocycles. The summed E-state index contributed by atoms with van der Waals surface area (Å²) in [6.07, 6.45) is 8.42. The number of carbonyl (C=O) groups excluding carboxylic acids is 1. The molecule has 0 saturated heterocycles. The number of aromatic amines is 1. The smallest absolute Gasteiger partial charge is 0.230 e. The molecule has 0 aliphatic heterocycles. The van der Waals surface area contributed by atoms with E-state index in [9.17, 15) is 4.79 Å². The first-order valence-corrected chi connectivity index (χ1v) is 9.23. The van der Waals surface area contributed by atoms with Gasteiger partial charge >= 0.3 is 0 Å². The third-order valence-corrected chi connectivity index (χ3v) is 4.92. The molecule has 1 fully saturated rings. The van der Waals surface area contributed by atoms with Crippen molar-refractivity contribution >= 4 is 28.4 Å². The molecule has 6 nitrogen and oxygen atoms in total. The van der Waals surface area contributed by atoms with E-state index in [0.717, 1.165) is 22.3 Å². The van der Waals surface area contributed by atoms with Gasteiger partial charge in [0.1, 0.15) is 5.82 Å². The van der Waals surface area contributed by atoms with Gasteiger partial charge in [-0.05, 0) is 36.6 Å². The van der Waals surface area contributed by atoms with Gasteiger partial charge in [-0.15, -0.1) is 10.2 Å². The van der Waals surface area contributed by atoms with E-state index in [1.807, 2.05) is 36.5 Å². The van der Waals surface area contributed by atoms with Crippen LogP contribution in [0.5, 0.6) is 0 Å². The van der Waals surface area contributed by atoms with Gasteiger partial charge in [-0.2, -0.15) is 0 Å². The van der Waals surface area contributed by atoms with E-state index in [0.29, 0.717) is 18.3 Å². The monoisotopic (exact) mass is 349 g/mol. The molecular weight excluding hydrogens is 326 g/mol. The second-order valence-electron chi connectivity index (χ2n) is 6.87. The minimum Gasteiger partial charge on any atom is -0.366 e. The molecule has 0 atom stereocenters. The lowest BCUT2D eigenvalue weighted by Gasteiger charge is -2.22. The number of para-hydroxylation sites is 1. The lowest BCUT2D eigenvalue weighted by Crippen LogP contribution is -2.23. The number of nitrogens with one attached hydrogen (secondary N) is 3. The number of carbonyl (C=O) groups is 1. The number of hydrogen-bond acceptors (Lipinski definition) is 4. The van der Waals surface area contributed by atoms with Crippen LogP contribution in [0.3, 0.4) is 0 Å². The SMILES string of the molecule is O=C(Cc1c[nH]c2ccccc12)Nc1ccc(NC2CCCCC2)nn1. The zero-order valence-corrected chi connectivity index (χ0v) is 14.7. The van der Waals surface area contributed by atoms with Gasteiger partial charge in [-0.3, -0.25) is 4.79 Å². The molecule has 26 heavy (non-hydrogen) atoms. The molecular formula is C20H23N5O. The Kier molecular flexibility index (Phi) is 4.82. The molecule has 1 aliphatic rings. The molecule has 3 N–H and O–H groups in total. The fourth-order valence-corrected chi connectivity index (χ4v) is 3.57. The maximum atomic E-state index is 12.3. The Balaban J connectivity index is 1.35. The highest BCUT2D eigenvalue weighted by atomic mass is 16.1. The molecule has 0 unspecified atom stereocenters. The van der Waals surface area contributed by atoms with E-state index >= 15 is 0 Å². The Morgan fingerprint density at radius 2 is 1.81 bits per heavy atom. The van der Waals surface area contributed by atoms with Gasteiger partial charge in [0.2, 0.25) is 5.91 Å². The molecule has 4 rings (SSSR count). The minimum atomic E-state index is -0.1000. The van der Waals surface area contributed by atoms with E-state index in [1.165, 1.54) is 32.1 Å². The summed E-state index contributed by atoms with van der Waals surface area (Å²) in [6.45, 7) is 0. The molecule has 3 aromatic rings. The number of nitrogens with zero attached hydrogens (tertiary/aromatic N) is 2. The van der Waals surface area contributed by atoms with Gasteiger partial charge in [0.25, 0.3) is 0 Å². The predicted octanol–water partition coefficient (Wildman–Crippen LogP) is 3.88. The average molecular weight is 349 g/mol. The van der Waals surface area contributed by atoms with Gasteiger partial charge in [0.15, 0.2) is 5.82 Å². The van der Waals surface area contributed by atoms with Gasteiger partial charge in [0.05, 0.1) is 6.42 Å². The van der Waals surface area contributed by atoms with Crippen LogP contribution in [0.25, 0.3) is 10.9 Å². The summed E-state index contributed by atoms with van der Waals surface area (Å²) in [5, 5.41) is 15.6. The van der Waals surface area contributed by atoms with E-state index in [2.05, 4.69) is 25.8 Å². The lowest BCUT2D eigenvalue weighted by molar-refractivity contribution is -0.115. The first-order chi connectivity index (χ1) is 12.8. The fraction of sp³-hybridized carbons (Fsp3) is 0.350. The first-order valence-electron chi connectivity index (χ1n) is 9.23. The highest BCUT2D eigenvalue weighted by Crippen LogP contribution is 2.21. The second-order valence-corrected chi connectivity index (χ2v) is 6.87. The van der Waals surface area contributed by atoms with Crippen LogP contribution in [-0.4, -0.2) is 27.1 Å². The molecule has 1 saturated carbocycles. The molecule has 1 aliphatic carbocycles. The topological polar surface area (TPSA) is 82.7 Å². The normalized spacial score (nSPS) is 15.1. The highest BCUT2D eigenvalue weighted by Gasteiger charge is 2.14. The standard InChI is InChI=1S/C20H23N5O/c26-20(12-14-13-21-17-9-5-4-8-16(14)17)23-19-11-10-18(24-25-19)22-15-6-2-1-3-7-15/h4-5,8-11,13,15,21H,1-3,6-7,12H2,(H,22,24)(H,23,25,26). The van der Waals surface area contributed by atoms with Gasteiger partial charge in [-0.25, -0.2) is 0 Å². The number of anilines is 2. The van der Waals surface area contributed by atoms with Crippen molar-refractivity contribution < 1.29 is 4.79 Å². The van der Waals surface area contributed by atoms with Gasteiger partial charge < -0.3 is 15.6 Å². The van der Waals surface area contributed by atoms with Gasteiger partial charge in [-0.1, -0.05) is 37.5 Å². The van der Waals surface area contributed by atoms with Crippen molar-refractivity contribution in [2.45, 2.75) is 44.6 Å². The van der Waals surface area contributed by atoms with Crippen LogP contribution in [0.1, 0.15) is 37.7 Å². The maximum Gasteiger partial charge on any atom is 0.230 e. The van der Waals surface area contributed by atoms with E-state index in [-0.39, 0.29) is 5.91 Å². The first kappa shape index (κ1) is 16.6. The molecule has 6 heteroatoms. The molecule has 0 spiro atoms. The Bertz CT molecular complexity index is 881. The molecule has 2 heterocycles. The minimum absolute atomic E-state index is 0.1000. The third kappa shape index (κ3) is 3.85. The second kappa shape index (κ2) is 7.56. The van der Waals surface area contributed by atoms with Crippen molar-refractivity contribution in [2.24, 2.45) is 0 Å². The number of aromatic nitrogens is 3. The Hall–Kier alpha value is -2.89. The third-order valence-electron chi connectivity index (χ3n) is 4.92. The summed E-state index contributed by atoms with van der Waals surface area (Å²) >= 11 is 0. The summed E-state index contributed by atoms with van der Waals surface area (Å²) < 4.78 is 0. The number of hydrogen-bond donors (Lipinski definition) is 3. The Morgan fingerprint density at radius 3 is 2.62 bits per heavy atom. The zero-order valence-electron chi connectivity index (χ0n) is 14.7. The number of amides is 1. The maximum absolute atomic E-state index is 12.3. The van der Waals surface area contributed by atoms with Crippen molar-refractivity contribution in [2.75, 3.05) is 10.6 Å². The molecule has 134 valence electrons. The van der Waals surface area contributed by atoms with Crippen molar-refractivity contribution in [3.05, 3.63) is 48.2 Å². The Labute approximate surface area is 152 Å². The summed E-state index contributed by atoms with van der Waals surface area (Å²) in [5.41, 5.74) is 2.01. The van der Waals surface area contributed by atoms with Crippen LogP contribution in [0, 0.1) is 0 Å². The van der Waals surface area contributed by atoms with Crippen LogP contribution < -0.4 is 10.6 Å². The van der Waals surface area contributed by atoms with Gasteiger partial charge in [0, 0.05) is 23.1 Å². The van der Waals surface area contributed by atoms with Crippen LogP contribution >= 0.6 is 0 Å². The van der Waals surface area contributed by atoms with Crippen molar-refractivity contribution in [3.8, 4) is 0 Å².